The molecule has 1 unspecified atom stereocenters. The van der Waals surface area contributed by atoms with Crippen molar-refractivity contribution in [3.8, 4) is 0 Å². The largest absolute Gasteiger partial charge is 0.373 e. The van der Waals surface area contributed by atoms with Crippen LogP contribution in [0.4, 0.5) is 11.4 Å². The number of benzene rings is 2. The highest BCUT2D eigenvalue weighted by atomic mass is 79.9. The van der Waals surface area contributed by atoms with Gasteiger partial charge in [0.1, 0.15) is 5.69 Å². The topological polar surface area (TPSA) is 55.2 Å². The van der Waals surface area contributed by atoms with Gasteiger partial charge in [0, 0.05) is 10.5 Å². The normalized spacial score (nSPS) is 12.0. The first-order valence-corrected chi connectivity index (χ1v) is 7.57. The van der Waals surface area contributed by atoms with E-state index in [1.54, 1.807) is 12.1 Å². The Morgan fingerprint density at radius 2 is 2.05 bits per heavy atom. The van der Waals surface area contributed by atoms with Gasteiger partial charge in [0.15, 0.2) is 0 Å². The van der Waals surface area contributed by atoms with Gasteiger partial charge in [0.05, 0.1) is 11.0 Å². The number of aryl methyl sites for hydroxylation is 1. The molecular formula is C16H17BrN2O2. The molecule has 0 aliphatic rings. The highest BCUT2D eigenvalue weighted by molar-refractivity contribution is 9.10. The summed E-state index contributed by atoms with van der Waals surface area (Å²) in [5, 5.41) is 14.5. The number of nitrogens with zero attached hydrogens (tertiary/aromatic N) is 1. The Morgan fingerprint density at radius 1 is 1.29 bits per heavy atom. The minimum Gasteiger partial charge on any atom is -0.373 e. The smallest absolute Gasteiger partial charge is 0.292 e. The third-order valence-corrected chi connectivity index (χ3v) is 3.83. The Hall–Kier alpha value is -1.88. The van der Waals surface area contributed by atoms with E-state index in [0.717, 1.165) is 22.0 Å². The monoisotopic (exact) mass is 348 g/mol. The average molecular weight is 349 g/mol. The molecule has 21 heavy (non-hydrogen) atoms. The summed E-state index contributed by atoms with van der Waals surface area (Å²) in [5.74, 6) is 0. The highest BCUT2D eigenvalue weighted by Crippen LogP contribution is 2.31. The fourth-order valence-electron chi connectivity index (χ4n) is 2.26. The molecule has 0 saturated carbocycles. The molecule has 0 bridgehead atoms. The van der Waals surface area contributed by atoms with Crippen LogP contribution in [0.5, 0.6) is 0 Å². The molecule has 1 atom stereocenters. The number of hydrogen-bond acceptors (Lipinski definition) is 3. The first-order chi connectivity index (χ1) is 10.0. The maximum Gasteiger partial charge on any atom is 0.292 e. The van der Waals surface area contributed by atoms with E-state index in [0.29, 0.717) is 5.69 Å². The Labute approximate surface area is 132 Å². The van der Waals surface area contributed by atoms with E-state index >= 15 is 0 Å². The van der Waals surface area contributed by atoms with E-state index in [1.807, 2.05) is 37.3 Å². The van der Waals surface area contributed by atoms with Gasteiger partial charge in [0.2, 0.25) is 0 Å². The molecule has 0 aliphatic carbocycles. The second-order valence-electron chi connectivity index (χ2n) is 4.94. The second-order valence-corrected chi connectivity index (χ2v) is 5.85. The van der Waals surface area contributed by atoms with Crippen LogP contribution < -0.4 is 5.32 Å². The van der Waals surface area contributed by atoms with Crippen molar-refractivity contribution < 1.29 is 4.92 Å². The van der Waals surface area contributed by atoms with Gasteiger partial charge in [-0.25, -0.2) is 0 Å². The van der Waals surface area contributed by atoms with E-state index in [2.05, 4.69) is 28.2 Å². The minimum atomic E-state index is -0.352. The van der Waals surface area contributed by atoms with Crippen molar-refractivity contribution in [3.05, 3.63) is 68.2 Å². The Bertz CT molecular complexity index is 658. The van der Waals surface area contributed by atoms with E-state index in [1.165, 1.54) is 0 Å². The van der Waals surface area contributed by atoms with Gasteiger partial charge in [-0.2, -0.15) is 0 Å². The van der Waals surface area contributed by atoms with Gasteiger partial charge in [-0.15, -0.1) is 0 Å². The van der Waals surface area contributed by atoms with E-state index in [-0.39, 0.29) is 16.7 Å². The van der Waals surface area contributed by atoms with Crippen molar-refractivity contribution in [2.75, 3.05) is 5.32 Å². The molecule has 1 N–H and O–H groups in total. The lowest BCUT2D eigenvalue weighted by molar-refractivity contribution is -0.384. The van der Waals surface area contributed by atoms with Crippen LogP contribution in [0, 0.1) is 17.0 Å². The molecule has 0 radical (unpaired) electrons. The first kappa shape index (κ1) is 15.5. The van der Waals surface area contributed by atoms with Gasteiger partial charge < -0.3 is 5.32 Å². The molecule has 5 heteroatoms. The molecular weight excluding hydrogens is 332 g/mol. The first-order valence-electron chi connectivity index (χ1n) is 6.78. The fraction of sp³-hybridized carbons (Fsp3) is 0.250. The number of nitrogens with one attached hydrogen (secondary N) is 1. The van der Waals surface area contributed by atoms with Crippen molar-refractivity contribution in [1.29, 1.82) is 0 Å². The van der Waals surface area contributed by atoms with Crippen molar-refractivity contribution in [3.63, 3.8) is 0 Å². The SMILES string of the molecule is CCC(Nc1cc(C)ccc1[N+](=O)[O-])c1cccc(Br)c1. The molecule has 110 valence electrons. The lowest BCUT2D eigenvalue weighted by Crippen LogP contribution is -2.11. The maximum atomic E-state index is 11.2. The van der Waals surface area contributed by atoms with Gasteiger partial charge >= 0.3 is 0 Å². The van der Waals surface area contributed by atoms with Crippen LogP contribution in [0.25, 0.3) is 0 Å². The Kier molecular flexibility index (Phi) is 4.96. The van der Waals surface area contributed by atoms with Gasteiger partial charge in [-0.1, -0.05) is 41.1 Å². The zero-order valence-corrected chi connectivity index (χ0v) is 13.6. The molecule has 0 fully saturated rings. The number of anilines is 1. The van der Waals surface area contributed by atoms with Crippen LogP contribution in [-0.4, -0.2) is 4.92 Å². The molecule has 4 nitrogen and oxygen atoms in total. The Morgan fingerprint density at radius 3 is 2.67 bits per heavy atom. The average Bonchev–Trinajstić information content (AvgIpc) is 2.44. The van der Waals surface area contributed by atoms with Gasteiger partial charge in [-0.05, 0) is 42.7 Å². The summed E-state index contributed by atoms with van der Waals surface area (Å²) in [6.45, 7) is 3.98. The standard InChI is InChI=1S/C16H17BrN2O2/c1-3-14(12-5-4-6-13(17)10-12)18-15-9-11(2)7-8-16(15)19(20)21/h4-10,14,18H,3H2,1-2H3. The van der Waals surface area contributed by atoms with E-state index in [4.69, 9.17) is 0 Å². The van der Waals surface area contributed by atoms with Gasteiger partial charge in [0.25, 0.3) is 5.69 Å². The maximum absolute atomic E-state index is 11.2. The third kappa shape index (κ3) is 3.82. The molecule has 0 spiro atoms. The number of hydrogen-bond donors (Lipinski definition) is 1. The predicted molar refractivity (Wildman–Crippen MR) is 88.6 cm³/mol. The molecule has 2 aromatic carbocycles. The summed E-state index contributed by atoms with van der Waals surface area (Å²) in [5.41, 5.74) is 2.76. The van der Waals surface area contributed by atoms with Crippen LogP contribution in [0.15, 0.2) is 46.9 Å². The Balaban J connectivity index is 2.34. The number of halogens is 1. The van der Waals surface area contributed by atoms with Crippen LogP contribution in [-0.2, 0) is 0 Å². The number of nitro groups is 1. The summed E-state index contributed by atoms with van der Waals surface area (Å²) in [6.07, 6.45) is 0.835. The minimum absolute atomic E-state index is 0.0306. The fourth-order valence-corrected chi connectivity index (χ4v) is 2.67. The van der Waals surface area contributed by atoms with Crippen molar-refractivity contribution in [2.24, 2.45) is 0 Å². The van der Waals surface area contributed by atoms with Crippen LogP contribution in [0.2, 0.25) is 0 Å². The number of nitro benzene ring substituents is 1. The van der Waals surface area contributed by atoms with E-state index < -0.39 is 0 Å². The summed E-state index contributed by atoms with van der Waals surface area (Å²) in [6, 6.07) is 13.1. The van der Waals surface area contributed by atoms with Gasteiger partial charge in [-0.3, -0.25) is 10.1 Å². The van der Waals surface area contributed by atoms with Crippen molar-refractivity contribution in [1.82, 2.24) is 0 Å². The second kappa shape index (κ2) is 6.72. The summed E-state index contributed by atoms with van der Waals surface area (Å²) in [4.78, 5) is 10.8. The van der Waals surface area contributed by atoms with Crippen LogP contribution in [0.1, 0.15) is 30.5 Å². The molecule has 0 saturated heterocycles. The highest BCUT2D eigenvalue weighted by Gasteiger charge is 2.17. The zero-order chi connectivity index (χ0) is 15.4. The quantitative estimate of drug-likeness (QED) is 0.594. The third-order valence-electron chi connectivity index (χ3n) is 3.34. The number of rotatable bonds is 5. The lowest BCUT2D eigenvalue weighted by Gasteiger charge is -2.19. The van der Waals surface area contributed by atoms with Crippen molar-refractivity contribution in [2.45, 2.75) is 26.3 Å². The molecule has 2 aromatic rings. The molecule has 2 rings (SSSR count). The van der Waals surface area contributed by atoms with E-state index in [9.17, 15) is 10.1 Å². The molecule has 0 aromatic heterocycles. The lowest BCUT2D eigenvalue weighted by atomic mass is 10.0. The predicted octanol–water partition coefficient (Wildman–Crippen LogP) is 5.23. The summed E-state index contributed by atoms with van der Waals surface area (Å²) in [7, 11) is 0. The molecule has 0 aliphatic heterocycles. The molecule has 0 amide bonds. The molecule has 0 heterocycles. The van der Waals surface area contributed by atoms with Crippen LogP contribution in [0.3, 0.4) is 0 Å². The zero-order valence-electron chi connectivity index (χ0n) is 12.0. The summed E-state index contributed by atoms with van der Waals surface area (Å²) < 4.78 is 0.999. The van der Waals surface area contributed by atoms with Crippen molar-refractivity contribution >= 4 is 27.3 Å². The summed E-state index contributed by atoms with van der Waals surface area (Å²) >= 11 is 3.46. The van der Waals surface area contributed by atoms with Crippen LogP contribution >= 0.6 is 15.9 Å².